The molecule has 0 saturated heterocycles. The predicted octanol–water partition coefficient (Wildman–Crippen LogP) is 2.84. The highest BCUT2D eigenvalue weighted by atomic mass is 16.5. The fourth-order valence-electron chi connectivity index (χ4n) is 3.02. The van der Waals surface area contributed by atoms with Crippen molar-refractivity contribution in [1.82, 2.24) is 15.5 Å². The second-order valence-corrected chi connectivity index (χ2v) is 6.68. The number of benzene rings is 1. The second kappa shape index (κ2) is 10.6. The zero-order valence-electron chi connectivity index (χ0n) is 15.7. The molecule has 0 aromatic heterocycles. The number of likely N-dealkylation sites (N-methyl/N-ethyl adjacent to an activating group) is 1. The zero-order valence-corrected chi connectivity index (χ0v) is 15.7. The maximum atomic E-state index is 12.0. The molecule has 0 unspecified atom stereocenters. The Morgan fingerprint density at radius 2 is 1.96 bits per heavy atom. The van der Waals surface area contributed by atoms with Crippen molar-refractivity contribution in [3.05, 3.63) is 41.5 Å². The minimum Gasteiger partial charge on any atom is -0.497 e. The van der Waals surface area contributed by atoms with Crippen LogP contribution in [0.25, 0.3) is 0 Å². The van der Waals surface area contributed by atoms with E-state index >= 15 is 0 Å². The number of hydrogen-bond acceptors (Lipinski definition) is 4. The van der Waals surface area contributed by atoms with Gasteiger partial charge in [0.05, 0.1) is 13.7 Å². The van der Waals surface area contributed by atoms with Crippen molar-refractivity contribution in [2.24, 2.45) is 0 Å². The maximum Gasteiger partial charge on any atom is 0.321 e. The molecule has 0 heterocycles. The van der Waals surface area contributed by atoms with Crippen molar-refractivity contribution in [3.8, 4) is 5.75 Å². The molecule has 1 aliphatic carbocycles. The van der Waals surface area contributed by atoms with Crippen LogP contribution < -0.4 is 15.4 Å². The Morgan fingerprint density at radius 1 is 1.19 bits per heavy atom. The van der Waals surface area contributed by atoms with Gasteiger partial charge in [0.1, 0.15) is 5.75 Å². The first-order valence-electron chi connectivity index (χ1n) is 9.14. The molecular weight excluding hydrogens is 330 g/mol. The van der Waals surface area contributed by atoms with Crippen LogP contribution in [-0.4, -0.2) is 44.1 Å². The van der Waals surface area contributed by atoms with Gasteiger partial charge in [-0.3, -0.25) is 15.0 Å². The van der Waals surface area contributed by atoms with Crippen molar-refractivity contribution in [1.29, 1.82) is 0 Å². The third-order valence-electron chi connectivity index (χ3n) is 4.39. The highest BCUT2D eigenvalue weighted by Gasteiger charge is 2.11. The Balaban J connectivity index is 1.64. The van der Waals surface area contributed by atoms with E-state index < -0.39 is 6.03 Å². The standard InChI is InChI=1S/C20H29N3O3/c1-23(14-17-8-10-18(26-2)11-9-17)15-19(24)22-20(25)21-13-12-16-6-4-3-5-7-16/h6,8-11H,3-5,7,12-15H2,1-2H3,(H2,21,22,24,25). The van der Waals surface area contributed by atoms with E-state index in [1.807, 2.05) is 36.2 Å². The second-order valence-electron chi connectivity index (χ2n) is 6.68. The molecule has 0 saturated carbocycles. The fourth-order valence-corrected chi connectivity index (χ4v) is 3.02. The number of carbonyl (C=O) groups excluding carboxylic acids is 2. The lowest BCUT2D eigenvalue weighted by Crippen LogP contribution is -2.43. The smallest absolute Gasteiger partial charge is 0.321 e. The van der Waals surface area contributed by atoms with Crippen molar-refractivity contribution >= 4 is 11.9 Å². The summed E-state index contributed by atoms with van der Waals surface area (Å²) in [6, 6.07) is 7.26. The molecule has 2 rings (SSSR count). The summed E-state index contributed by atoms with van der Waals surface area (Å²) in [6.07, 6.45) is 7.88. The Kier molecular flexibility index (Phi) is 8.15. The molecule has 0 aliphatic heterocycles. The van der Waals surface area contributed by atoms with Gasteiger partial charge in [-0.1, -0.05) is 23.8 Å². The van der Waals surface area contributed by atoms with Crippen molar-refractivity contribution < 1.29 is 14.3 Å². The number of urea groups is 1. The van der Waals surface area contributed by atoms with E-state index in [0.29, 0.717) is 13.1 Å². The lowest BCUT2D eigenvalue weighted by atomic mass is 9.97. The summed E-state index contributed by atoms with van der Waals surface area (Å²) in [7, 11) is 3.47. The average molecular weight is 359 g/mol. The van der Waals surface area contributed by atoms with E-state index in [9.17, 15) is 9.59 Å². The van der Waals surface area contributed by atoms with E-state index in [1.54, 1.807) is 7.11 Å². The molecule has 0 bridgehead atoms. The van der Waals surface area contributed by atoms with Gasteiger partial charge in [-0.05, 0) is 56.8 Å². The van der Waals surface area contributed by atoms with Crippen LogP contribution in [0.4, 0.5) is 4.79 Å². The molecule has 0 spiro atoms. The Labute approximate surface area is 155 Å². The first kappa shape index (κ1) is 20.0. The predicted molar refractivity (Wildman–Crippen MR) is 102 cm³/mol. The van der Waals surface area contributed by atoms with E-state index in [-0.39, 0.29) is 12.5 Å². The molecule has 2 N–H and O–H groups in total. The van der Waals surface area contributed by atoms with Crippen LogP contribution in [0.5, 0.6) is 5.75 Å². The summed E-state index contributed by atoms with van der Waals surface area (Å²) < 4.78 is 5.13. The minimum absolute atomic E-state index is 0.157. The van der Waals surface area contributed by atoms with Crippen LogP contribution in [0.2, 0.25) is 0 Å². The van der Waals surface area contributed by atoms with E-state index in [4.69, 9.17) is 4.74 Å². The van der Waals surface area contributed by atoms with Gasteiger partial charge in [0.2, 0.25) is 5.91 Å². The average Bonchev–Trinajstić information content (AvgIpc) is 2.63. The van der Waals surface area contributed by atoms with Crippen LogP contribution in [0, 0.1) is 0 Å². The molecule has 1 aromatic carbocycles. The quantitative estimate of drug-likeness (QED) is 0.700. The maximum absolute atomic E-state index is 12.0. The molecule has 0 atom stereocenters. The van der Waals surface area contributed by atoms with Crippen molar-refractivity contribution in [3.63, 3.8) is 0 Å². The summed E-state index contributed by atoms with van der Waals surface area (Å²) >= 11 is 0. The summed E-state index contributed by atoms with van der Waals surface area (Å²) in [4.78, 5) is 25.6. The van der Waals surface area contributed by atoms with Gasteiger partial charge in [0.15, 0.2) is 0 Å². The highest BCUT2D eigenvalue weighted by molar-refractivity contribution is 5.95. The molecule has 0 fully saturated rings. The van der Waals surface area contributed by atoms with Gasteiger partial charge in [-0.15, -0.1) is 0 Å². The number of allylic oxidation sites excluding steroid dienone is 1. The molecule has 1 aromatic rings. The van der Waals surface area contributed by atoms with Crippen LogP contribution in [0.3, 0.4) is 0 Å². The van der Waals surface area contributed by atoms with Crippen molar-refractivity contribution in [2.45, 2.75) is 38.6 Å². The third-order valence-corrected chi connectivity index (χ3v) is 4.39. The normalized spacial score (nSPS) is 13.9. The van der Waals surface area contributed by atoms with Gasteiger partial charge in [-0.2, -0.15) is 0 Å². The molecular formula is C20H29N3O3. The molecule has 0 radical (unpaired) electrons. The Bertz CT molecular complexity index is 626. The van der Waals surface area contributed by atoms with Crippen molar-refractivity contribution in [2.75, 3.05) is 27.2 Å². The number of ether oxygens (including phenoxy) is 1. The number of hydrogen-bond donors (Lipinski definition) is 2. The molecule has 1 aliphatic rings. The fraction of sp³-hybridized carbons (Fsp3) is 0.500. The van der Waals surface area contributed by atoms with Gasteiger partial charge in [0, 0.05) is 13.1 Å². The van der Waals surface area contributed by atoms with Crippen LogP contribution >= 0.6 is 0 Å². The van der Waals surface area contributed by atoms with Crippen LogP contribution in [0.15, 0.2) is 35.9 Å². The number of amides is 3. The van der Waals surface area contributed by atoms with Crippen LogP contribution in [0.1, 0.15) is 37.7 Å². The first-order valence-corrected chi connectivity index (χ1v) is 9.14. The summed E-state index contributed by atoms with van der Waals surface area (Å²) in [5.74, 6) is 0.491. The van der Waals surface area contributed by atoms with Gasteiger partial charge < -0.3 is 10.1 Å². The van der Waals surface area contributed by atoms with E-state index in [2.05, 4.69) is 16.7 Å². The van der Waals surface area contributed by atoms with Gasteiger partial charge in [-0.25, -0.2) is 4.79 Å². The molecule has 26 heavy (non-hydrogen) atoms. The number of imide groups is 1. The largest absolute Gasteiger partial charge is 0.497 e. The number of nitrogens with zero attached hydrogens (tertiary/aromatic N) is 1. The SMILES string of the molecule is COc1ccc(CN(C)CC(=O)NC(=O)NCCC2=CCCCC2)cc1. The number of carbonyl (C=O) groups is 2. The van der Waals surface area contributed by atoms with Gasteiger partial charge in [0.25, 0.3) is 0 Å². The van der Waals surface area contributed by atoms with Gasteiger partial charge >= 0.3 is 6.03 Å². The third kappa shape index (κ3) is 7.27. The molecule has 6 heteroatoms. The lowest BCUT2D eigenvalue weighted by molar-refractivity contribution is -0.120. The topological polar surface area (TPSA) is 70.7 Å². The summed E-state index contributed by atoms with van der Waals surface area (Å²) in [5, 5.41) is 5.13. The Hall–Kier alpha value is -2.34. The number of nitrogens with one attached hydrogen (secondary N) is 2. The minimum atomic E-state index is -0.427. The Morgan fingerprint density at radius 3 is 2.62 bits per heavy atom. The monoisotopic (exact) mass is 359 g/mol. The van der Waals surface area contributed by atoms with Crippen LogP contribution in [-0.2, 0) is 11.3 Å². The zero-order chi connectivity index (χ0) is 18.8. The number of rotatable bonds is 8. The van der Waals surface area contributed by atoms with E-state index in [0.717, 1.165) is 30.6 Å². The molecule has 3 amide bonds. The first-order chi connectivity index (χ1) is 12.6. The summed E-state index contributed by atoms with van der Waals surface area (Å²) in [5.41, 5.74) is 2.48. The number of methoxy groups -OCH3 is 1. The van der Waals surface area contributed by atoms with E-state index in [1.165, 1.54) is 18.4 Å². The summed E-state index contributed by atoms with van der Waals surface area (Å²) in [6.45, 7) is 1.34. The highest BCUT2D eigenvalue weighted by Crippen LogP contribution is 2.19. The lowest BCUT2D eigenvalue weighted by Gasteiger charge is -2.16. The molecule has 6 nitrogen and oxygen atoms in total. The molecule has 142 valence electrons.